The van der Waals surface area contributed by atoms with Gasteiger partial charge in [-0.15, -0.1) is 0 Å². The molecule has 0 aliphatic rings. The molecule has 0 aliphatic carbocycles. The molecule has 0 aliphatic heterocycles. The van der Waals surface area contributed by atoms with Crippen LogP contribution in [-0.2, 0) is 5.75 Å². The molecule has 1 N–H and O–H groups in total. The Morgan fingerprint density at radius 1 is 1.04 bits per heavy atom. The minimum absolute atomic E-state index is 0.130. The summed E-state index contributed by atoms with van der Waals surface area (Å²) in [6, 6.07) is 16.0. The molecule has 4 nitrogen and oxygen atoms in total. The fourth-order valence-corrected chi connectivity index (χ4v) is 3.77. The van der Waals surface area contributed by atoms with Crippen LogP contribution in [0.3, 0.4) is 0 Å². The number of nitrogens with one attached hydrogen (secondary N) is 1. The third kappa shape index (κ3) is 4.47. The average molecular weight is 368 g/mol. The minimum atomic E-state index is 0.130. The first-order valence-corrected chi connectivity index (χ1v) is 10.2. The normalized spacial score (nSPS) is 11.0. The van der Waals surface area contributed by atoms with Crippen molar-refractivity contribution in [3.63, 3.8) is 0 Å². The van der Waals surface area contributed by atoms with E-state index >= 15 is 0 Å². The Morgan fingerprint density at radius 2 is 1.73 bits per heavy atom. The first kappa shape index (κ1) is 18.5. The van der Waals surface area contributed by atoms with Gasteiger partial charge >= 0.3 is 0 Å². The summed E-state index contributed by atoms with van der Waals surface area (Å²) in [7, 11) is 0. The average Bonchev–Trinajstić information content (AvgIpc) is 3.09. The van der Waals surface area contributed by atoms with Crippen LogP contribution in [0.15, 0.2) is 53.7 Å². The van der Waals surface area contributed by atoms with Crippen LogP contribution in [0.2, 0.25) is 0 Å². The highest BCUT2D eigenvalue weighted by atomic mass is 32.2. The standard InChI is InChI=1S/C21H25N3OS/c1-3-13-24(14-4-2)20(25)17-11-9-16(10-12-17)15-26-21-22-18-7-5-6-8-19(18)23-21/h5-12H,3-4,13-15H2,1-2H3,(H,22,23). The van der Waals surface area contributed by atoms with Crippen molar-refractivity contribution >= 4 is 28.7 Å². The van der Waals surface area contributed by atoms with E-state index in [4.69, 9.17) is 0 Å². The van der Waals surface area contributed by atoms with Gasteiger partial charge in [-0.2, -0.15) is 0 Å². The molecule has 0 unspecified atom stereocenters. The molecule has 3 rings (SSSR count). The molecule has 0 atom stereocenters. The molecule has 2 aromatic carbocycles. The molecule has 1 heterocycles. The van der Waals surface area contributed by atoms with E-state index in [1.807, 2.05) is 53.4 Å². The minimum Gasteiger partial charge on any atom is -0.339 e. The van der Waals surface area contributed by atoms with Crippen LogP contribution < -0.4 is 0 Å². The van der Waals surface area contributed by atoms with Gasteiger partial charge in [-0.3, -0.25) is 4.79 Å². The molecular weight excluding hydrogens is 342 g/mol. The van der Waals surface area contributed by atoms with Crippen molar-refractivity contribution in [3.8, 4) is 0 Å². The molecule has 0 spiro atoms. The maximum atomic E-state index is 12.6. The zero-order chi connectivity index (χ0) is 18.4. The van der Waals surface area contributed by atoms with Gasteiger partial charge in [0.2, 0.25) is 0 Å². The largest absolute Gasteiger partial charge is 0.339 e. The van der Waals surface area contributed by atoms with Gasteiger partial charge in [0.25, 0.3) is 5.91 Å². The topological polar surface area (TPSA) is 49.0 Å². The monoisotopic (exact) mass is 367 g/mol. The molecule has 1 amide bonds. The fraction of sp³-hybridized carbons (Fsp3) is 0.333. The number of amides is 1. The van der Waals surface area contributed by atoms with Crippen molar-refractivity contribution in [2.24, 2.45) is 0 Å². The first-order valence-electron chi connectivity index (χ1n) is 9.17. The third-order valence-electron chi connectivity index (χ3n) is 4.22. The summed E-state index contributed by atoms with van der Waals surface area (Å²) in [5.41, 5.74) is 4.00. The van der Waals surface area contributed by atoms with Crippen LogP contribution in [0.25, 0.3) is 11.0 Å². The number of imidazole rings is 1. The second-order valence-corrected chi connectivity index (χ2v) is 7.30. The third-order valence-corrected chi connectivity index (χ3v) is 5.16. The van der Waals surface area contributed by atoms with Gasteiger partial charge in [-0.25, -0.2) is 4.98 Å². The van der Waals surface area contributed by atoms with Crippen LogP contribution in [0, 0.1) is 0 Å². The van der Waals surface area contributed by atoms with Gasteiger partial charge < -0.3 is 9.88 Å². The Morgan fingerprint density at radius 3 is 2.38 bits per heavy atom. The van der Waals surface area contributed by atoms with Crippen LogP contribution in [-0.4, -0.2) is 33.9 Å². The molecular formula is C21H25N3OS. The summed E-state index contributed by atoms with van der Waals surface area (Å²) in [5, 5.41) is 0.920. The van der Waals surface area contributed by atoms with E-state index in [1.54, 1.807) is 11.8 Å². The van der Waals surface area contributed by atoms with Gasteiger partial charge in [-0.05, 0) is 42.7 Å². The number of H-pyrrole nitrogens is 1. The van der Waals surface area contributed by atoms with Crippen LogP contribution in [0.1, 0.15) is 42.6 Å². The highest BCUT2D eigenvalue weighted by Gasteiger charge is 2.14. The van der Waals surface area contributed by atoms with E-state index in [1.165, 1.54) is 5.56 Å². The van der Waals surface area contributed by atoms with Crippen LogP contribution in [0.4, 0.5) is 0 Å². The van der Waals surface area contributed by atoms with E-state index < -0.39 is 0 Å². The van der Waals surface area contributed by atoms with Crippen LogP contribution in [0.5, 0.6) is 0 Å². The summed E-state index contributed by atoms with van der Waals surface area (Å²) in [6.07, 6.45) is 1.97. The number of nitrogens with zero attached hydrogens (tertiary/aromatic N) is 2. The highest BCUT2D eigenvalue weighted by Crippen LogP contribution is 2.23. The van der Waals surface area contributed by atoms with Crippen LogP contribution >= 0.6 is 11.8 Å². The van der Waals surface area contributed by atoms with Crippen molar-refractivity contribution in [1.82, 2.24) is 14.9 Å². The number of para-hydroxylation sites is 2. The Kier molecular flexibility index (Phi) is 6.34. The fourth-order valence-electron chi connectivity index (χ4n) is 2.93. The molecule has 0 bridgehead atoms. The van der Waals surface area contributed by atoms with Crippen molar-refractivity contribution in [2.45, 2.75) is 37.6 Å². The van der Waals surface area contributed by atoms with Crippen molar-refractivity contribution in [2.75, 3.05) is 13.1 Å². The van der Waals surface area contributed by atoms with Gasteiger partial charge in [0.05, 0.1) is 11.0 Å². The smallest absolute Gasteiger partial charge is 0.253 e. The second-order valence-electron chi connectivity index (χ2n) is 6.34. The SMILES string of the molecule is CCCN(CCC)C(=O)c1ccc(CSc2nc3ccccc3[nH]2)cc1. The quantitative estimate of drug-likeness (QED) is 0.562. The van der Waals surface area contributed by atoms with E-state index in [0.29, 0.717) is 0 Å². The summed E-state index contributed by atoms with van der Waals surface area (Å²) in [4.78, 5) is 22.5. The van der Waals surface area contributed by atoms with Gasteiger partial charge in [0.1, 0.15) is 0 Å². The molecule has 5 heteroatoms. The number of hydrogen-bond acceptors (Lipinski definition) is 3. The maximum absolute atomic E-state index is 12.6. The number of carbonyl (C=O) groups excluding carboxylic acids is 1. The Bertz CT molecular complexity index is 818. The lowest BCUT2D eigenvalue weighted by atomic mass is 10.1. The number of benzene rings is 2. The van der Waals surface area contributed by atoms with Crippen molar-refractivity contribution in [1.29, 1.82) is 0 Å². The lowest BCUT2D eigenvalue weighted by Crippen LogP contribution is -2.32. The summed E-state index contributed by atoms with van der Waals surface area (Å²) < 4.78 is 0. The van der Waals surface area contributed by atoms with Crippen molar-refractivity contribution in [3.05, 3.63) is 59.7 Å². The Balaban J connectivity index is 1.62. The summed E-state index contributed by atoms with van der Waals surface area (Å²) in [6.45, 7) is 5.84. The summed E-state index contributed by atoms with van der Waals surface area (Å²) in [5.74, 6) is 0.951. The zero-order valence-electron chi connectivity index (χ0n) is 15.4. The predicted octanol–water partition coefficient (Wildman–Crippen LogP) is 5.12. The summed E-state index contributed by atoms with van der Waals surface area (Å²) >= 11 is 1.67. The lowest BCUT2D eigenvalue weighted by molar-refractivity contribution is 0.0755. The number of aromatic amines is 1. The maximum Gasteiger partial charge on any atom is 0.253 e. The van der Waals surface area contributed by atoms with Gasteiger partial charge in [-0.1, -0.05) is 49.9 Å². The molecule has 26 heavy (non-hydrogen) atoms. The first-order chi connectivity index (χ1) is 12.7. The number of fused-ring (bicyclic) bond motifs is 1. The molecule has 0 saturated carbocycles. The lowest BCUT2D eigenvalue weighted by Gasteiger charge is -2.21. The molecule has 0 radical (unpaired) electrons. The van der Waals surface area contributed by atoms with Gasteiger partial charge in [0.15, 0.2) is 5.16 Å². The number of aromatic nitrogens is 2. The predicted molar refractivity (Wildman–Crippen MR) is 109 cm³/mol. The Hall–Kier alpha value is -2.27. The number of thioether (sulfide) groups is 1. The Labute approximate surface area is 159 Å². The number of rotatable bonds is 8. The number of hydrogen-bond donors (Lipinski definition) is 1. The molecule has 136 valence electrons. The van der Waals surface area contributed by atoms with Gasteiger partial charge in [0, 0.05) is 24.4 Å². The van der Waals surface area contributed by atoms with E-state index in [2.05, 4.69) is 23.8 Å². The van der Waals surface area contributed by atoms with E-state index in [0.717, 1.165) is 53.4 Å². The zero-order valence-corrected chi connectivity index (χ0v) is 16.2. The molecule has 0 fully saturated rings. The number of carbonyl (C=O) groups is 1. The molecule has 0 saturated heterocycles. The van der Waals surface area contributed by atoms with Crippen molar-refractivity contribution < 1.29 is 4.79 Å². The second kappa shape index (κ2) is 8.90. The van der Waals surface area contributed by atoms with E-state index in [9.17, 15) is 4.79 Å². The molecule has 3 aromatic rings. The van der Waals surface area contributed by atoms with E-state index in [-0.39, 0.29) is 5.91 Å². The molecule has 1 aromatic heterocycles. The highest BCUT2D eigenvalue weighted by molar-refractivity contribution is 7.98.